The molecule has 1 aliphatic heterocycles. The number of nitrogens with zero attached hydrogens (tertiary/aromatic N) is 4. The van der Waals surface area contributed by atoms with Gasteiger partial charge < -0.3 is 14.4 Å². The van der Waals surface area contributed by atoms with E-state index in [1.54, 1.807) is 13.4 Å². The maximum atomic E-state index is 5.77. The van der Waals surface area contributed by atoms with Gasteiger partial charge in [-0.2, -0.15) is 10.1 Å². The molecule has 1 aliphatic rings. The van der Waals surface area contributed by atoms with Gasteiger partial charge in [-0.1, -0.05) is 0 Å². The summed E-state index contributed by atoms with van der Waals surface area (Å²) in [6.45, 7) is 5.54. The van der Waals surface area contributed by atoms with E-state index in [-0.39, 0.29) is 0 Å². The Morgan fingerprint density at radius 1 is 1.09 bits per heavy atom. The summed E-state index contributed by atoms with van der Waals surface area (Å²) in [6.07, 6.45) is 1.55. The second-order valence-corrected chi connectivity index (χ2v) is 5.16. The summed E-state index contributed by atoms with van der Waals surface area (Å²) < 4.78 is 10.9. The molecule has 0 saturated carbocycles. The molecule has 7 heteroatoms. The summed E-state index contributed by atoms with van der Waals surface area (Å²) in [4.78, 5) is 8.80. The monoisotopic (exact) mass is 303 g/mol. The lowest BCUT2D eigenvalue weighted by molar-refractivity contribution is 0.200. The number of hydrogen-bond donors (Lipinski definition) is 1. The molecule has 1 N–H and O–H groups in total. The number of H-pyrrole nitrogens is 1. The normalized spacial score (nSPS) is 15.8. The molecule has 2 aromatic rings. The molecule has 0 aliphatic carbocycles. The Hall–Kier alpha value is -2.28. The SMILES string of the molecule is COc1ccc(OCCN2CCN(c3ncn[nH]3)CC2)cc1. The van der Waals surface area contributed by atoms with Crippen LogP contribution in [0.15, 0.2) is 30.6 Å². The lowest BCUT2D eigenvalue weighted by atomic mass is 10.3. The van der Waals surface area contributed by atoms with E-state index in [1.165, 1.54) is 0 Å². The fourth-order valence-corrected chi connectivity index (χ4v) is 2.50. The number of methoxy groups -OCH3 is 1. The molecule has 1 saturated heterocycles. The summed E-state index contributed by atoms with van der Waals surface area (Å²) in [5, 5.41) is 6.80. The van der Waals surface area contributed by atoms with Gasteiger partial charge in [0.1, 0.15) is 24.4 Å². The fourth-order valence-electron chi connectivity index (χ4n) is 2.50. The number of aromatic amines is 1. The van der Waals surface area contributed by atoms with Gasteiger partial charge in [0.2, 0.25) is 5.95 Å². The van der Waals surface area contributed by atoms with Gasteiger partial charge in [0.25, 0.3) is 0 Å². The van der Waals surface area contributed by atoms with Crippen molar-refractivity contribution in [1.82, 2.24) is 20.1 Å². The van der Waals surface area contributed by atoms with Crippen molar-refractivity contribution in [3.05, 3.63) is 30.6 Å². The summed E-state index contributed by atoms with van der Waals surface area (Å²) >= 11 is 0. The van der Waals surface area contributed by atoms with E-state index in [0.717, 1.165) is 50.2 Å². The van der Waals surface area contributed by atoms with Crippen molar-refractivity contribution in [3.63, 3.8) is 0 Å². The van der Waals surface area contributed by atoms with Gasteiger partial charge in [-0.25, -0.2) is 5.10 Å². The smallest absolute Gasteiger partial charge is 0.221 e. The van der Waals surface area contributed by atoms with E-state index in [2.05, 4.69) is 25.0 Å². The van der Waals surface area contributed by atoms with Crippen LogP contribution in [0.3, 0.4) is 0 Å². The maximum Gasteiger partial charge on any atom is 0.221 e. The summed E-state index contributed by atoms with van der Waals surface area (Å²) in [5.41, 5.74) is 0. The van der Waals surface area contributed by atoms with E-state index in [1.807, 2.05) is 24.3 Å². The number of hydrogen-bond acceptors (Lipinski definition) is 6. The van der Waals surface area contributed by atoms with Crippen LogP contribution in [-0.4, -0.2) is 66.5 Å². The van der Waals surface area contributed by atoms with Crippen LogP contribution in [0, 0.1) is 0 Å². The molecule has 0 radical (unpaired) electrons. The minimum Gasteiger partial charge on any atom is -0.497 e. The zero-order valence-corrected chi connectivity index (χ0v) is 12.7. The zero-order valence-electron chi connectivity index (χ0n) is 12.7. The van der Waals surface area contributed by atoms with Crippen LogP contribution in [0.4, 0.5) is 5.95 Å². The highest BCUT2D eigenvalue weighted by Gasteiger charge is 2.18. The second kappa shape index (κ2) is 7.13. The van der Waals surface area contributed by atoms with E-state index in [0.29, 0.717) is 6.61 Å². The van der Waals surface area contributed by atoms with Gasteiger partial charge in [0.05, 0.1) is 7.11 Å². The molecular weight excluding hydrogens is 282 g/mol. The number of piperazine rings is 1. The molecule has 0 amide bonds. The molecule has 22 heavy (non-hydrogen) atoms. The van der Waals surface area contributed by atoms with Gasteiger partial charge >= 0.3 is 0 Å². The number of aromatic nitrogens is 3. The number of benzene rings is 1. The lowest BCUT2D eigenvalue weighted by Gasteiger charge is -2.34. The third-order valence-corrected chi connectivity index (χ3v) is 3.81. The Balaban J connectivity index is 1.38. The van der Waals surface area contributed by atoms with Crippen LogP contribution in [0.2, 0.25) is 0 Å². The highest BCUT2D eigenvalue weighted by Crippen LogP contribution is 2.17. The maximum absolute atomic E-state index is 5.77. The summed E-state index contributed by atoms with van der Waals surface area (Å²) in [6, 6.07) is 7.68. The Bertz CT molecular complexity index is 550. The predicted molar refractivity (Wildman–Crippen MR) is 83.5 cm³/mol. The van der Waals surface area contributed by atoms with Crippen LogP contribution in [-0.2, 0) is 0 Å². The standard InChI is InChI=1S/C15H21N5O2/c1-21-13-2-4-14(5-3-13)22-11-10-19-6-8-20(9-7-19)15-16-12-17-18-15/h2-5,12H,6-11H2,1H3,(H,16,17,18). The van der Waals surface area contributed by atoms with Crippen molar-refractivity contribution in [2.75, 3.05) is 51.3 Å². The van der Waals surface area contributed by atoms with Gasteiger partial charge in [-0.15, -0.1) is 0 Å². The fraction of sp³-hybridized carbons (Fsp3) is 0.467. The molecule has 3 rings (SSSR count). The molecule has 2 heterocycles. The zero-order chi connectivity index (χ0) is 15.2. The van der Waals surface area contributed by atoms with Crippen LogP contribution >= 0.6 is 0 Å². The first-order valence-corrected chi connectivity index (χ1v) is 7.44. The molecule has 7 nitrogen and oxygen atoms in total. The van der Waals surface area contributed by atoms with E-state index < -0.39 is 0 Å². The Labute approximate surface area is 129 Å². The first-order chi connectivity index (χ1) is 10.8. The van der Waals surface area contributed by atoms with Crippen molar-refractivity contribution in [3.8, 4) is 11.5 Å². The molecular formula is C15H21N5O2. The lowest BCUT2D eigenvalue weighted by Crippen LogP contribution is -2.47. The number of anilines is 1. The Kier molecular flexibility index (Phi) is 4.75. The molecule has 0 bridgehead atoms. The number of nitrogens with one attached hydrogen (secondary N) is 1. The van der Waals surface area contributed by atoms with E-state index in [9.17, 15) is 0 Å². The average Bonchev–Trinajstić information content (AvgIpc) is 3.11. The van der Waals surface area contributed by atoms with Crippen molar-refractivity contribution < 1.29 is 9.47 Å². The van der Waals surface area contributed by atoms with Crippen molar-refractivity contribution in [2.24, 2.45) is 0 Å². The molecule has 1 aromatic carbocycles. The third-order valence-electron chi connectivity index (χ3n) is 3.81. The van der Waals surface area contributed by atoms with Crippen molar-refractivity contribution >= 4 is 5.95 Å². The van der Waals surface area contributed by atoms with Crippen LogP contribution in [0.25, 0.3) is 0 Å². The third kappa shape index (κ3) is 3.67. The van der Waals surface area contributed by atoms with Gasteiger partial charge in [-0.05, 0) is 24.3 Å². The van der Waals surface area contributed by atoms with Crippen LogP contribution in [0.5, 0.6) is 11.5 Å². The van der Waals surface area contributed by atoms with Gasteiger partial charge in [-0.3, -0.25) is 4.90 Å². The molecule has 0 unspecified atom stereocenters. The molecule has 1 fully saturated rings. The van der Waals surface area contributed by atoms with E-state index >= 15 is 0 Å². The van der Waals surface area contributed by atoms with Gasteiger partial charge in [0.15, 0.2) is 0 Å². The highest BCUT2D eigenvalue weighted by molar-refractivity contribution is 5.31. The van der Waals surface area contributed by atoms with Crippen LogP contribution in [0.1, 0.15) is 0 Å². The van der Waals surface area contributed by atoms with Gasteiger partial charge in [0, 0.05) is 32.7 Å². The Morgan fingerprint density at radius 3 is 2.45 bits per heavy atom. The molecule has 0 atom stereocenters. The Morgan fingerprint density at radius 2 is 1.82 bits per heavy atom. The average molecular weight is 303 g/mol. The first kappa shape index (κ1) is 14.6. The quantitative estimate of drug-likeness (QED) is 0.859. The molecule has 1 aromatic heterocycles. The summed E-state index contributed by atoms with van der Waals surface area (Å²) in [7, 11) is 1.66. The molecule has 118 valence electrons. The largest absolute Gasteiger partial charge is 0.497 e. The summed E-state index contributed by atoms with van der Waals surface area (Å²) in [5.74, 6) is 2.58. The molecule has 0 spiro atoms. The highest BCUT2D eigenvalue weighted by atomic mass is 16.5. The first-order valence-electron chi connectivity index (χ1n) is 7.44. The minimum absolute atomic E-state index is 0.689. The number of rotatable bonds is 6. The van der Waals surface area contributed by atoms with E-state index in [4.69, 9.17) is 9.47 Å². The minimum atomic E-state index is 0.689. The van der Waals surface area contributed by atoms with Crippen molar-refractivity contribution in [2.45, 2.75) is 0 Å². The van der Waals surface area contributed by atoms with Crippen LogP contribution < -0.4 is 14.4 Å². The second-order valence-electron chi connectivity index (χ2n) is 5.16. The topological polar surface area (TPSA) is 66.5 Å². The predicted octanol–water partition coefficient (Wildman–Crippen LogP) is 1.01. The van der Waals surface area contributed by atoms with Crippen molar-refractivity contribution in [1.29, 1.82) is 0 Å². The number of ether oxygens (including phenoxy) is 2.